The third kappa shape index (κ3) is 4.34. The quantitative estimate of drug-likeness (QED) is 0.531. The van der Waals surface area contributed by atoms with E-state index in [-0.39, 0.29) is 4.90 Å². The molecule has 0 bridgehead atoms. The van der Waals surface area contributed by atoms with Gasteiger partial charge in [0, 0.05) is 29.7 Å². The average Bonchev–Trinajstić information content (AvgIpc) is 3.22. The molecule has 0 saturated carbocycles. The second kappa shape index (κ2) is 8.58. The molecule has 160 valence electrons. The van der Waals surface area contributed by atoms with E-state index < -0.39 is 10.0 Å². The lowest BCUT2D eigenvalue weighted by Gasteiger charge is -2.20. The molecule has 1 aliphatic rings. The number of rotatable bonds is 5. The summed E-state index contributed by atoms with van der Waals surface area (Å²) in [5.74, 6) is 1.30. The van der Waals surface area contributed by atoms with Crippen molar-refractivity contribution in [2.24, 2.45) is 0 Å². The highest BCUT2D eigenvalue weighted by atomic mass is 79.9. The van der Waals surface area contributed by atoms with E-state index in [0.29, 0.717) is 55.8 Å². The molecule has 1 aromatic carbocycles. The Balaban J connectivity index is 1.42. The average molecular weight is 496 g/mol. The SMILES string of the molecule is Cc1noc(C)c1S(=O)(=O)N1CCCN(Cc2nnc(-c3ccc(Br)cc3)o2)CC1. The van der Waals surface area contributed by atoms with E-state index in [1.807, 2.05) is 24.3 Å². The zero-order valence-electron chi connectivity index (χ0n) is 16.7. The lowest BCUT2D eigenvalue weighted by atomic mass is 10.2. The first kappa shape index (κ1) is 21.2. The van der Waals surface area contributed by atoms with Gasteiger partial charge in [0.1, 0.15) is 10.6 Å². The Morgan fingerprint density at radius 1 is 1.07 bits per heavy atom. The summed E-state index contributed by atoms with van der Waals surface area (Å²) in [6.07, 6.45) is 0.705. The van der Waals surface area contributed by atoms with Crippen LogP contribution in [0.3, 0.4) is 0 Å². The van der Waals surface area contributed by atoms with Gasteiger partial charge in [0.2, 0.25) is 21.8 Å². The van der Waals surface area contributed by atoms with Crippen molar-refractivity contribution in [3.05, 3.63) is 46.1 Å². The molecule has 2 aromatic heterocycles. The maximum absolute atomic E-state index is 13.1. The zero-order chi connectivity index (χ0) is 21.3. The first-order valence-electron chi connectivity index (χ1n) is 9.58. The van der Waals surface area contributed by atoms with Crippen LogP contribution in [0.4, 0.5) is 0 Å². The van der Waals surface area contributed by atoms with E-state index in [9.17, 15) is 8.42 Å². The van der Waals surface area contributed by atoms with Crippen molar-refractivity contribution in [1.82, 2.24) is 24.6 Å². The number of hydrogen-bond acceptors (Lipinski definition) is 8. The minimum atomic E-state index is -3.64. The van der Waals surface area contributed by atoms with Gasteiger partial charge in [0.15, 0.2) is 5.76 Å². The number of hydrogen-bond donors (Lipinski definition) is 0. The van der Waals surface area contributed by atoms with Crippen LogP contribution >= 0.6 is 15.9 Å². The molecule has 0 aliphatic carbocycles. The summed E-state index contributed by atoms with van der Waals surface area (Å²) in [6.45, 7) is 5.86. The van der Waals surface area contributed by atoms with Gasteiger partial charge < -0.3 is 8.94 Å². The van der Waals surface area contributed by atoms with Gasteiger partial charge in [-0.3, -0.25) is 4.90 Å². The van der Waals surface area contributed by atoms with E-state index in [1.165, 1.54) is 4.31 Å². The second-order valence-corrected chi connectivity index (χ2v) is 9.99. The molecule has 0 amide bonds. The summed E-state index contributed by atoms with van der Waals surface area (Å²) in [5.41, 5.74) is 1.24. The monoisotopic (exact) mass is 495 g/mol. The Bertz CT molecular complexity index is 1110. The van der Waals surface area contributed by atoms with Crippen LogP contribution in [-0.4, -0.2) is 59.2 Å². The van der Waals surface area contributed by atoms with Crippen molar-refractivity contribution < 1.29 is 17.4 Å². The summed E-state index contributed by atoms with van der Waals surface area (Å²) in [7, 11) is -3.64. The molecule has 0 N–H and O–H groups in total. The van der Waals surface area contributed by atoms with Gasteiger partial charge in [-0.25, -0.2) is 8.42 Å². The van der Waals surface area contributed by atoms with Crippen molar-refractivity contribution in [2.75, 3.05) is 26.2 Å². The molecule has 1 saturated heterocycles. The number of sulfonamides is 1. The van der Waals surface area contributed by atoms with Crippen LogP contribution in [0.25, 0.3) is 11.5 Å². The Labute approximate surface area is 183 Å². The molecule has 4 rings (SSSR count). The molecule has 1 fully saturated rings. The molecule has 30 heavy (non-hydrogen) atoms. The molecule has 3 aromatic rings. The Morgan fingerprint density at radius 3 is 2.53 bits per heavy atom. The lowest BCUT2D eigenvalue weighted by molar-refractivity contribution is 0.251. The zero-order valence-corrected chi connectivity index (χ0v) is 19.1. The van der Waals surface area contributed by atoms with Crippen LogP contribution in [0.5, 0.6) is 0 Å². The van der Waals surface area contributed by atoms with E-state index >= 15 is 0 Å². The third-order valence-electron chi connectivity index (χ3n) is 5.03. The highest BCUT2D eigenvalue weighted by Crippen LogP contribution is 2.25. The summed E-state index contributed by atoms with van der Waals surface area (Å²) in [5, 5.41) is 12.1. The molecule has 0 radical (unpaired) electrons. The minimum Gasteiger partial charge on any atom is -0.419 e. The molecule has 3 heterocycles. The molecule has 0 spiro atoms. The maximum Gasteiger partial charge on any atom is 0.248 e. The fraction of sp³-hybridized carbons (Fsp3) is 0.421. The van der Waals surface area contributed by atoms with Gasteiger partial charge in [-0.05, 0) is 51.1 Å². The number of aryl methyl sites for hydroxylation is 2. The van der Waals surface area contributed by atoms with Crippen LogP contribution in [0, 0.1) is 13.8 Å². The molecule has 11 heteroatoms. The number of halogens is 1. The van der Waals surface area contributed by atoms with Gasteiger partial charge in [-0.1, -0.05) is 21.1 Å². The second-order valence-electron chi connectivity index (χ2n) is 7.19. The van der Waals surface area contributed by atoms with Crippen LogP contribution in [0.1, 0.15) is 23.8 Å². The molecular weight excluding hydrogens is 474 g/mol. The van der Waals surface area contributed by atoms with Crippen molar-refractivity contribution in [2.45, 2.75) is 31.7 Å². The topological polar surface area (TPSA) is 106 Å². The van der Waals surface area contributed by atoms with Gasteiger partial charge in [-0.15, -0.1) is 10.2 Å². The predicted molar refractivity (Wildman–Crippen MR) is 112 cm³/mol. The Kier molecular flexibility index (Phi) is 6.05. The largest absolute Gasteiger partial charge is 0.419 e. The van der Waals surface area contributed by atoms with Crippen LogP contribution in [-0.2, 0) is 16.6 Å². The fourth-order valence-corrected chi connectivity index (χ4v) is 5.56. The van der Waals surface area contributed by atoms with Crippen molar-refractivity contribution in [3.8, 4) is 11.5 Å². The highest BCUT2D eigenvalue weighted by molar-refractivity contribution is 9.10. The van der Waals surface area contributed by atoms with Crippen LogP contribution < -0.4 is 0 Å². The van der Waals surface area contributed by atoms with E-state index in [4.69, 9.17) is 8.94 Å². The van der Waals surface area contributed by atoms with Crippen LogP contribution in [0.15, 0.2) is 42.6 Å². The smallest absolute Gasteiger partial charge is 0.248 e. The molecule has 0 unspecified atom stereocenters. The van der Waals surface area contributed by atoms with E-state index in [1.54, 1.807) is 13.8 Å². The maximum atomic E-state index is 13.1. The fourth-order valence-electron chi connectivity index (χ4n) is 3.54. The van der Waals surface area contributed by atoms with Crippen molar-refractivity contribution in [3.63, 3.8) is 0 Å². The van der Waals surface area contributed by atoms with Gasteiger partial charge >= 0.3 is 0 Å². The number of benzene rings is 1. The first-order valence-corrected chi connectivity index (χ1v) is 11.8. The predicted octanol–water partition coefficient (Wildman–Crippen LogP) is 3.00. The Morgan fingerprint density at radius 2 is 1.83 bits per heavy atom. The van der Waals surface area contributed by atoms with E-state index in [2.05, 4.69) is 36.2 Å². The first-order chi connectivity index (χ1) is 14.3. The third-order valence-corrected chi connectivity index (χ3v) is 7.70. The van der Waals surface area contributed by atoms with Crippen molar-refractivity contribution in [1.29, 1.82) is 0 Å². The van der Waals surface area contributed by atoms with E-state index in [0.717, 1.165) is 16.6 Å². The highest BCUT2D eigenvalue weighted by Gasteiger charge is 2.32. The molecule has 0 atom stereocenters. The number of nitrogens with zero attached hydrogens (tertiary/aromatic N) is 5. The van der Waals surface area contributed by atoms with Gasteiger partial charge in [0.05, 0.1) is 6.54 Å². The van der Waals surface area contributed by atoms with Gasteiger partial charge in [-0.2, -0.15) is 4.31 Å². The van der Waals surface area contributed by atoms with Crippen molar-refractivity contribution >= 4 is 26.0 Å². The van der Waals surface area contributed by atoms with Gasteiger partial charge in [0.25, 0.3) is 0 Å². The van der Waals surface area contributed by atoms with Crippen LogP contribution in [0.2, 0.25) is 0 Å². The summed E-state index contributed by atoms with van der Waals surface area (Å²) in [4.78, 5) is 2.30. The summed E-state index contributed by atoms with van der Waals surface area (Å²) in [6, 6.07) is 7.65. The normalized spacial score (nSPS) is 16.6. The molecular formula is C19H22BrN5O4S. The standard InChI is InChI=1S/C19H22BrN5O4S/c1-13-18(14(2)29-23-13)30(26,27)25-9-3-8-24(10-11-25)12-17-21-22-19(28-17)15-4-6-16(20)7-5-15/h4-7H,3,8-12H2,1-2H3. The molecule has 1 aliphatic heterocycles. The minimum absolute atomic E-state index is 0.173. The lowest BCUT2D eigenvalue weighted by Crippen LogP contribution is -2.35. The Hall–Kier alpha value is -2.08. The number of aromatic nitrogens is 3. The summed E-state index contributed by atoms with van der Waals surface area (Å²) >= 11 is 3.41. The molecule has 9 nitrogen and oxygen atoms in total. The summed E-state index contributed by atoms with van der Waals surface area (Å²) < 4.78 is 39.4.